The quantitative estimate of drug-likeness (QED) is 0.0841. The molecular formula is C28H56N6O9. The van der Waals surface area contributed by atoms with Crippen molar-refractivity contribution in [3.63, 3.8) is 0 Å². The zero-order chi connectivity index (χ0) is 32.7. The van der Waals surface area contributed by atoms with E-state index in [4.69, 9.17) is 14.6 Å². The van der Waals surface area contributed by atoms with Gasteiger partial charge < -0.3 is 40.3 Å². The number of nitrogens with one attached hydrogen (secondary N) is 2. The van der Waals surface area contributed by atoms with Crippen LogP contribution in [0.3, 0.4) is 0 Å². The highest BCUT2D eigenvalue weighted by Crippen LogP contribution is 2.01. The Labute approximate surface area is 256 Å². The van der Waals surface area contributed by atoms with E-state index in [9.17, 15) is 29.4 Å². The van der Waals surface area contributed by atoms with Crippen molar-refractivity contribution < 1.29 is 44.0 Å². The second-order valence-electron chi connectivity index (χ2n) is 9.86. The summed E-state index contributed by atoms with van der Waals surface area (Å²) in [4.78, 5) is 61.5. The Kier molecular flexibility index (Phi) is 30.6. The Morgan fingerprint density at radius 1 is 0.767 bits per heavy atom. The van der Waals surface area contributed by atoms with E-state index < -0.39 is 11.9 Å². The number of carbonyl (C=O) groups excluding carboxylic acids is 3. The highest BCUT2D eigenvalue weighted by atomic mass is 16.5. The fourth-order valence-corrected chi connectivity index (χ4v) is 4.24. The summed E-state index contributed by atoms with van der Waals surface area (Å²) in [5.74, 6) is -1.79. The predicted octanol–water partition coefficient (Wildman–Crippen LogP) is -1.35. The van der Waals surface area contributed by atoms with Gasteiger partial charge in [0, 0.05) is 85.6 Å². The van der Waals surface area contributed by atoms with Crippen molar-refractivity contribution in [1.29, 1.82) is 0 Å². The van der Waals surface area contributed by atoms with Crippen LogP contribution < -0.4 is 10.6 Å². The molecule has 0 unspecified atom stereocenters. The van der Waals surface area contributed by atoms with Gasteiger partial charge in [-0.15, -0.1) is 0 Å². The third-order valence-corrected chi connectivity index (χ3v) is 6.56. The third kappa shape index (κ3) is 26.8. The second-order valence-corrected chi connectivity index (χ2v) is 9.86. The minimum Gasteiger partial charge on any atom is -0.480 e. The van der Waals surface area contributed by atoms with E-state index in [1.807, 2.05) is 21.5 Å². The van der Waals surface area contributed by atoms with Gasteiger partial charge in [-0.25, -0.2) is 0 Å². The van der Waals surface area contributed by atoms with Crippen molar-refractivity contribution in [3.8, 4) is 0 Å². The van der Waals surface area contributed by atoms with E-state index in [1.165, 1.54) is 12.8 Å². The molecule has 0 aliphatic carbocycles. The third-order valence-electron chi connectivity index (χ3n) is 6.56. The molecule has 43 heavy (non-hydrogen) atoms. The van der Waals surface area contributed by atoms with Crippen LogP contribution in [0, 0.1) is 0 Å². The van der Waals surface area contributed by atoms with Crippen LogP contribution in [-0.2, 0) is 28.7 Å². The average molecular weight is 621 g/mol. The van der Waals surface area contributed by atoms with E-state index in [2.05, 4.69) is 22.5 Å². The van der Waals surface area contributed by atoms with E-state index in [1.54, 1.807) is 0 Å². The number of carbonyl (C=O) groups is 5. The van der Waals surface area contributed by atoms with Crippen molar-refractivity contribution in [2.75, 3.05) is 112 Å². The van der Waals surface area contributed by atoms with E-state index in [0.29, 0.717) is 91.8 Å². The Morgan fingerprint density at radius 2 is 1.28 bits per heavy atom. The summed E-state index contributed by atoms with van der Waals surface area (Å²) in [7, 11) is 1.00. The van der Waals surface area contributed by atoms with Crippen LogP contribution in [0.25, 0.3) is 0 Å². The maximum absolute atomic E-state index is 11.9. The topological polar surface area (TPSA) is 192 Å². The lowest BCUT2D eigenvalue weighted by Gasteiger charge is -2.33. The first-order valence-corrected chi connectivity index (χ1v) is 14.9. The molecule has 0 radical (unpaired) electrons. The van der Waals surface area contributed by atoms with Gasteiger partial charge in [0.2, 0.25) is 5.91 Å². The molecule has 1 aliphatic rings. The molecule has 0 saturated carbocycles. The van der Waals surface area contributed by atoms with Crippen molar-refractivity contribution in [2.45, 2.75) is 39.0 Å². The van der Waals surface area contributed by atoms with Crippen molar-refractivity contribution >= 4 is 30.9 Å². The van der Waals surface area contributed by atoms with E-state index in [0.717, 1.165) is 26.2 Å². The number of amides is 1. The highest BCUT2D eigenvalue weighted by Gasteiger charge is 2.18. The zero-order valence-corrected chi connectivity index (χ0v) is 26.2. The summed E-state index contributed by atoms with van der Waals surface area (Å²) >= 11 is 0. The maximum Gasteiger partial charge on any atom is 0.317 e. The fraction of sp³-hybridized carbons (Fsp3) is 0.821. The molecule has 0 aromatic carbocycles. The summed E-state index contributed by atoms with van der Waals surface area (Å²) in [5, 5.41) is 31.9. The molecule has 1 fully saturated rings. The highest BCUT2D eigenvalue weighted by molar-refractivity contribution is 5.75. The maximum atomic E-state index is 11.9. The lowest BCUT2D eigenvalue weighted by Crippen LogP contribution is -2.49. The molecule has 15 heteroatoms. The first kappa shape index (κ1) is 42.6. The number of ether oxygens (including phenoxy) is 1. The van der Waals surface area contributed by atoms with Gasteiger partial charge in [0.05, 0.1) is 32.8 Å². The molecule has 0 aromatic heterocycles. The second kappa shape index (κ2) is 30.9. The fourth-order valence-electron chi connectivity index (χ4n) is 4.24. The number of hydrogen-bond acceptors (Lipinski definition) is 12. The van der Waals surface area contributed by atoms with Gasteiger partial charge in [-0.2, -0.15) is 0 Å². The van der Waals surface area contributed by atoms with Crippen molar-refractivity contribution in [1.82, 2.24) is 30.2 Å². The van der Waals surface area contributed by atoms with Gasteiger partial charge in [-0.1, -0.05) is 26.2 Å². The monoisotopic (exact) mass is 620 g/mol. The molecule has 0 bridgehead atoms. The van der Waals surface area contributed by atoms with Gasteiger partial charge in [-0.3, -0.25) is 34.0 Å². The number of nitrogens with zero attached hydrogens (tertiary/aromatic N) is 4. The smallest absolute Gasteiger partial charge is 0.317 e. The van der Waals surface area contributed by atoms with Gasteiger partial charge >= 0.3 is 11.9 Å². The summed E-state index contributed by atoms with van der Waals surface area (Å²) in [5.41, 5.74) is 0. The first-order chi connectivity index (χ1) is 20.8. The molecular weight excluding hydrogens is 564 g/mol. The number of carboxylic acids is 2. The number of carboxylic acid groups (broad SMARTS) is 2. The summed E-state index contributed by atoms with van der Waals surface area (Å²) in [6.45, 7) is 11.2. The molecule has 1 aliphatic heterocycles. The van der Waals surface area contributed by atoms with Gasteiger partial charge in [0.15, 0.2) is 0 Å². The molecule has 0 atom stereocenters. The summed E-state index contributed by atoms with van der Waals surface area (Å²) < 4.78 is 5.58. The SMILES string of the molecule is C=O.CCCCCCNC(=O)CCOCCNCN1CCN(CC(=O)O)CCN(CC=O)CCN(CC(=O)O)CC1.CO. The van der Waals surface area contributed by atoms with Gasteiger partial charge in [-0.05, 0) is 6.42 Å². The van der Waals surface area contributed by atoms with E-state index >= 15 is 0 Å². The Hall–Kier alpha value is -2.53. The number of unbranched alkanes of at least 4 members (excludes halogenated alkanes) is 3. The molecule has 5 N–H and O–H groups in total. The predicted molar refractivity (Wildman–Crippen MR) is 163 cm³/mol. The average Bonchev–Trinajstić information content (AvgIpc) is 2.99. The Bertz CT molecular complexity index is 688. The number of aliphatic hydroxyl groups excluding tert-OH is 1. The van der Waals surface area contributed by atoms with Crippen LogP contribution in [0.2, 0.25) is 0 Å². The van der Waals surface area contributed by atoms with Crippen LogP contribution in [-0.4, -0.2) is 178 Å². The van der Waals surface area contributed by atoms with Crippen LogP contribution in [0.1, 0.15) is 39.0 Å². The van der Waals surface area contributed by atoms with Crippen LogP contribution in [0.4, 0.5) is 0 Å². The lowest BCUT2D eigenvalue weighted by atomic mass is 10.2. The minimum atomic E-state index is -0.899. The van der Waals surface area contributed by atoms with Gasteiger partial charge in [0.1, 0.15) is 13.1 Å². The molecule has 252 valence electrons. The van der Waals surface area contributed by atoms with Crippen LogP contribution >= 0.6 is 0 Å². The summed E-state index contributed by atoms with van der Waals surface area (Å²) in [6, 6.07) is 0. The number of aldehydes is 1. The first-order valence-electron chi connectivity index (χ1n) is 14.9. The van der Waals surface area contributed by atoms with Crippen molar-refractivity contribution in [3.05, 3.63) is 0 Å². The molecule has 1 saturated heterocycles. The molecule has 1 rings (SSSR count). The number of rotatable bonds is 19. The molecule has 0 spiro atoms. The number of hydrogen-bond donors (Lipinski definition) is 5. The zero-order valence-electron chi connectivity index (χ0n) is 26.2. The van der Waals surface area contributed by atoms with Crippen molar-refractivity contribution in [2.24, 2.45) is 0 Å². The Balaban J connectivity index is 0. The standard InChI is InChI=1S/C26H50N6O7.CH4O.CH2O/c1-2-3-4-5-7-28-24(34)6-19-39-20-8-27-23-32-15-13-30(21-25(35)36)11-9-29(17-18-33)10-12-31(14-16-32)22-26(37)38;2*1-2/h18,27H,2-17,19-23H2,1H3,(H,28,34)(H,35,36)(H,37,38);2H,1H3;1H2. The normalized spacial score (nSPS) is 15.9. The number of aliphatic hydroxyl groups is 1. The molecule has 0 aromatic rings. The van der Waals surface area contributed by atoms with E-state index in [-0.39, 0.29) is 25.5 Å². The molecule has 1 amide bonds. The minimum absolute atomic E-state index is 0.00454. The van der Waals surface area contributed by atoms with Crippen LogP contribution in [0.15, 0.2) is 0 Å². The molecule has 15 nitrogen and oxygen atoms in total. The van der Waals surface area contributed by atoms with Crippen LogP contribution in [0.5, 0.6) is 0 Å². The number of aliphatic carboxylic acids is 2. The lowest BCUT2D eigenvalue weighted by molar-refractivity contribution is -0.139. The summed E-state index contributed by atoms with van der Waals surface area (Å²) in [6.07, 6.45) is 5.64. The Morgan fingerprint density at radius 3 is 1.77 bits per heavy atom. The van der Waals surface area contributed by atoms with Gasteiger partial charge in [0.25, 0.3) is 0 Å². The largest absolute Gasteiger partial charge is 0.480 e. The molecule has 1 heterocycles.